The third kappa shape index (κ3) is 3.75. The Hall–Kier alpha value is -1.45. The number of amides is 1. The molecule has 100 valence electrons. The van der Waals surface area contributed by atoms with Gasteiger partial charge in [0.1, 0.15) is 5.76 Å². The van der Waals surface area contributed by atoms with Crippen molar-refractivity contribution in [2.75, 3.05) is 0 Å². The lowest BCUT2D eigenvalue weighted by atomic mass is 10.1. The van der Waals surface area contributed by atoms with E-state index < -0.39 is 0 Å². The van der Waals surface area contributed by atoms with Gasteiger partial charge in [0.05, 0.1) is 16.8 Å². The van der Waals surface area contributed by atoms with Crippen molar-refractivity contribution < 1.29 is 9.21 Å². The Balaban J connectivity index is 2.00. The molecule has 1 amide bonds. The van der Waals surface area contributed by atoms with E-state index >= 15 is 0 Å². The molecule has 0 spiro atoms. The number of carbonyl (C=O) groups excluding carboxylic acids is 1. The minimum Gasteiger partial charge on any atom is -0.469 e. The van der Waals surface area contributed by atoms with Gasteiger partial charge in [0.15, 0.2) is 0 Å². The standard InChI is InChI=1S/C14H13Cl2NO2/c1-9(7-11-3-2-6-19-11)17-14(18)12-5-4-10(15)8-13(12)16/h2-6,8-9H,7H2,1H3,(H,17,18). The molecule has 1 unspecified atom stereocenters. The van der Waals surface area contributed by atoms with Crippen LogP contribution in [0.25, 0.3) is 0 Å². The maximum atomic E-state index is 12.0. The van der Waals surface area contributed by atoms with Crippen molar-refractivity contribution in [2.24, 2.45) is 0 Å². The number of hydrogen-bond donors (Lipinski definition) is 1. The molecule has 1 atom stereocenters. The Labute approximate surface area is 121 Å². The smallest absolute Gasteiger partial charge is 0.253 e. The molecule has 0 bridgehead atoms. The van der Waals surface area contributed by atoms with Gasteiger partial charge in [-0.15, -0.1) is 0 Å². The van der Waals surface area contributed by atoms with Gasteiger partial charge in [0.2, 0.25) is 0 Å². The summed E-state index contributed by atoms with van der Waals surface area (Å²) in [5, 5.41) is 3.72. The summed E-state index contributed by atoms with van der Waals surface area (Å²) in [6.45, 7) is 1.91. The van der Waals surface area contributed by atoms with E-state index in [9.17, 15) is 4.79 Å². The van der Waals surface area contributed by atoms with Gasteiger partial charge in [-0.2, -0.15) is 0 Å². The zero-order chi connectivity index (χ0) is 13.8. The third-order valence-electron chi connectivity index (χ3n) is 2.64. The Morgan fingerprint density at radius 3 is 2.79 bits per heavy atom. The molecular weight excluding hydrogens is 285 g/mol. The highest BCUT2D eigenvalue weighted by atomic mass is 35.5. The van der Waals surface area contributed by atoms with Gasteiger partial charge < -0.3 is 9.73 Å². The van der Waals surface area contributed by atoms with E-state index in [0.29, 0.717) is 22.0 Å². The fourth-order valence-corrected chi connectivity index (χ4v) is 2.25. The molecule has 0 radical (unpaired) electrons. The van der Waals surface area contributed by atoms with Crippen molar-refractivity contribution in [3.05, 3.63) is 58.0 Å². The normalized spacial score (nSPS) is 12.2. The number of halogens is 2. The Kier molecular flexibility index (Phi) is 4.51. The van der Waals surface area contributed by atoms with Gasteiger partial charge in [-0.25, -0.2) is 0 Å². The van der Waals surface area contributed by atoms with Crippen LogP contribution in [0.1, 0.15) is 23.0 Å². The molecule has 1 aromatic carbocycles. The number of rotatable bonds is 4. The molecule has 2 rings (SSSR count). The van der Waals surface area contributed by atoms with E-state index in [1.807, 2.05) is 19.1 Å². The molecule has 0 aliphatic rings. The van der Waals surface area contributed by atoms with Crippen molar-refractivity contribution in [1.29, 1.82) is 0 Å². The number of furan rings is 1. The molecule has 3 nitrogen and oxygen atoms in total. The average molecular weight is 298 g/mol. The highest BCUT2D eigenvalue weighted by Crippen LogP contribution is 2.21. The van der Waals surface area contributed by atoms with Gasteiger partial charge in [-0.05, 0) is 37.3 Å². The fraction of sp³-hybridized carbons (Fsp3) is 0.214. The number of carbonyl (C=O) groups is 1. The largest absolute Gasteiger partial charge is 0.469 e. The van der Waals surface area contributed by atoms with Crippen LogP contribution >= 0.6 is 23.2 Å². The van der Waals surface area contributed by atoms with Crippen molar-refractivity contribution in [3.8, 4) is 0 Å². The molecule has 0 aliphatic heterocycles. The predicted octanol–water partition coefficient (Wildman–Crippen LogP) is 3.95. The highest BCUT2D eigenvalue weighted by molar-refractivity contribution is 6.36. The molecule has 0 aliphatic carbocycles. The topological polar surface area (TPSA) is 42.2 Å². The summed E-state index contributed by atoms with van der Waals surface area (Å²) >= 11 is 11.8. The van der Waals surface area contributed by atoms with Crippen LogP contribution in [0, 0.1) is 0 Å². The molecule has 2 aromatic rings. The van der Waals surface area contributed by atoms with E-state index in [1.165, 1.54) is 0 Å². The molecule has 0 fully saturated rings. The van der Waals surface area contributed by atoms with E-state index in [0.717, 1.165) is 5.76 Å². The maximum absolute atomic E-state index is 12.0. The SMILES string of the molecule is CC(Cc1ccco1)NC(=O)c1ccc(Cl)cc1Cl. The summed E-state index contributed by atoms with van der Waals surface area (Å²) in [6.07, 6.45) is 2.24. The molecule has 19 heavy (non-hydrogen) atoms. The minimum atomic E-state index is -0.222. The summed E-state index contributed by atoms with van der Waals surface area (Å²) in [7, 11) is 0. The van der Waals surface area contributed by atoms with Crippen LogP contribution < -0.4 is 5.32 Å². The van der Waals surface area contributed by atoms with E-state index in [-0.39, 0.29) is 11.9 Å². The van der Waals surface area contributed by atoms with Crippen LogP contribution in [-0.4, -0.2) is 11.9 Å². The van der Waals surface area contributed by atoms with Crippen molar-refractivity contribution >= 4 is 29.1 Å². The molecular formula is C14H13Cl2NO2. The number of hydrogen-bond acceptors (Lipinski definition) is 2. The van der Waals surface area contributed by atoms with Crippen molar-refractivity contribution in [2.45, 2.75) is 19.4 Å². The zero-order valence-corrected chi connectivity index (χ0v) is 11.8. The summed E-state index contributed by atoms with van der Waals surface area (Å²) in [4.78, 5) is 12.0. The summed E-state index contributed by atoms with van der Waals surface area (Å²) < 4.78 is 5.24. The zero-order valence-electron chi connectivity index (χ0n) is 10.3. The van der Waals surface area contributed by atoms with Crippen LogP contribution in [0.4, 0.5) is 0 Å². The summed E-state index contributed by atoms with van der Waals surface area (Å²) in [6, 6.07) is 8.44. The molecule has 0 saturated carbocycles. The van der Waals surface area contributed by atoms with E-state index in [4.69, 9.17) is 27.6 Å². The molecule has 5 heteroatoms. The fourth-order valence-electron chi connectivity index (χ4n) is 1.76. The Morgan fingerprint density at radius 1 is 1.37 bits per heavy atom. The van der Waals surface area contributed by atoms with Gasteiger partial charge in [0, 0.05) is 17.5 Å². The number of benzene rings is 1. The average Bonchev–Trinajstić information content (AvgIpc) is 2.81. The van der Waals surface area contributed by atoms with Gasteiger partial charge in [0.25, 0.3) is 5.91 Å². The lowest BCUT2D eigenvalue weighted by molar-refractivity contribution is 0.0939. The molecule has 0 saturated heterocycles. The lowest BCUT2D eigenvalue weighted by Gasteiger charge is -2.13. The predicted molar refractivity (Wildman–Crippen MR) is 75.8 cm³/mol. The van der Waals surface area contributed by atoms with Gasteiger partial charge in [-0.1, -0.05) is 23.2 Å². The first kappa shape index (κ1) is 14.0. The summed E-state index contributed by atoms with van der Waals surface area (Å²) in [5.74, 6) is 0.607. The highest BCUT2D eigenvalue weighted by Gasteiger charge is 2.14. The van der Waals surface area contributed by atoms with E-state index in [2.05, 4.69) is 5.32 Å². The van der Waals surface area contributed by atoms with Crippen LogP contribution in [0.2, 0.25) is 10.0 Å². The van der Waals surface area contributed by atoms with Gasteiger partial charge in [-0.3, -0.25) is 4.79 Å². The van der Waals surface area contributed by atoms with Crippen LogP contribution in [0.5, 0.6) is 0 Å². The van der Waals surface area contributed by atoms with E-state index in [1.54, 1.807) is 24.5 Å². The first-order valence-electron chi connectivity index (χ1n) is 5.84. The van der Waals surface area contributed by atoms with Crippen LogP contribution in [0.3, 0.4) is 0 Å². The minimum absolute atomic E-state index is 0.0506. The van der Waals surface area contributed by atoms with Crippen molar-refractivity contribution in [1.82, 2.24) is 5.32 Å². The van der Waals surface area contributed by atoms with Crippen LogP contribution in [0.15, 0.2) is 41.0 Å². The summed E-state index contributed by atoms with van der Waals surface area (Å²) in [5.41, 5.74) is 0.414. The monoisotopic (exact) mass is 297 g/mol. The third-order valence-corrected chi connectivity index (χ3v) is 3.19. The Bertz CT molecular complexity index is 567. The molecule has 1 N–H and O–H groups in total. The van der Waals surface area contributed by atoms with Crippen molar-refractivity contribution in [3.63, 3.8) is 0 Å². The van der Waals surface area contributed by atoms with Gasteiger partial charge >= 0.3 is 0 Å². The second-order valence-electron chi connectivity index (χ2n) is 4.28. The number of nitrogens with one attached hydrogen (secondary N) is 1. The quantitative estimate of drug-likeness (QED) is 0.928. The maximum Gasteiger partial charge on any atom is 0.253 e. The molecule has 1 heterocycles. The molecule has 1 aromatic heterocycles. The first-order chi connectivity index (χ1) is 9.06. The van der Waals surface area contributed by atoms with Crippen LogP contribution in [-0.2, 0) is 6.42 Å². The second-order valence-corrected chi connectivity index (χ2v) is 5.13. The Morgan fingerprint density at radius 2 is 2.16 bits per heavy atom. The second kappa shape index (κ2) is 6.13. The lowest BCUT2D eigenvalue weighted by Crippen LogP contribution is -2.34. The first-order valence-corrected chi connectivity index (χ1v) is 6.60.